The van der Waals surface area contributed by atoms with Crippen LogP contribution in [-0.2, 0) is 9.59 Å². The van der Waals surface area contributed by atoms with Crippen molar-refractivity contribution < 1.29 is 19.2 Å². The summed E-state index contributed by atoms with van der Waals surface area (Å²) < 4.78 is 5.15. The van der Waals surface area contributed by atoms with Gasteiger partial charge in [-0.3, -0.25) is 19.7 Å². The van der Waals surface area contributed by atoms with Crippen LogP contribution in [0.5, 0.6) is 5.75 Å². The van der Waals surface area contributed by atoms with Crippen LogP contribution in [0, 0.1) is 10.1 Å². The molecule has 128 valence electrons. The molecule has 0 heterocycles. The molecule has 1 N–H and O–H groups in total. The van der Waals surface area contributed by atoms with Gasteiger partial charge in [-0.25, -0.2) is 0 Å². The zero-order valence-corrected chi connectivity index (χ0v) is 13.7. The van der Waals surface area contributed by atoms with Crippen LogP contribution in [0.15, 0.2) is 54.1 Å². The molecule has 1 amide bonds. The Morgan fingerprint density at radius 3 is 2.52 bits per heavy atom. The van der Waals surface area contributed by atoms with Crippen LogP contribution in [0.25, 0.3) is 6.08 Å². The Hall–Kier alpha value is -3.48. The maximum atomic E-state index is 12.5. The number of methoxy groups -OCH3 is 1. The average Bonchev–Trinajstić information content (AvgIpc) is 2.60. The highest BCUT2D eigenvalue weighted by molar-refractivity contribution is 6.25. The fourth-order valence-corrected chi connectivity index (χ4v) is 2.16. The maximum Gasteiger partial charge on any atom is 0.270 e. The number of nitro benzene ring substituents is 1. The molecule has 0 saturated carbocycles. The minimum Gasteiger partial charge on any atom is -0.495 e. The van der Waals surface area contributed by atoms with E-state index >= 15 is 0 Å². The van der Waals surface area contributed by atoms with Crippen LogP contribution in [0.1, 0.15) is 12.5 Å². The maximum absolute atomic E-state index is 12.5. The molecule has 7 nitrogen and oxygen atoms in total. The standard InChI is InChI=1S/C18H16N2O5/c1-12(21)15(11-13-6-5-7-14(10-13)20(23)24)18(22)19-16-8-3-4-9-17(16)25-2/h3-11H,1-2H3,(H,19,22). The number of nitrogens with one attached hydrogen (secondary N) is 1. The molecular weight excluding hydrogens is 324 g/mol. The molecule has 0 saturated heterocycles. The summed E-state index contributed by atoms with van der Waals surface area (Å²) in [6, 6.07) is 12.5. The topological polar surface area (TPSA) is 98.5 Å². The van der Waals surface area contributed by atoms with Gasteiger partial charge in [0.1, 0.15) is 5.75 Å². The van der Waals surface area contributed by atoms with Gasteiger partial charge in [0.2, 0.25) is 0 Å². The molecule has 0 radical (unpaired) electrons. The van der Waals surface area contributed by atoms with E-state index in [0.717, 1.165) is 0 Å². The predicted octanol–water partition coefficient (Wildman–Crippen LogP) is 3.21. The number of amides is 1. The van der Waals surface area contributed by atoms with Crippen LogP contribution in [0.3, 0.4) is 0 Å². The van der Waals surface area contributed by atoms with E-state index in [1.54, 1.807) is 30.3 Å². The Morgan fingerprint density at radius 1 is 1.16 bits per heavy atom. The number of rotatable bonds is 6. The summed E-state index contributed by atoms with van der Waals surface area (Å²) in [5.74, 6) is -0.628. The summed E-state index contributed by atoms with van der Waals surface area (Å²) in [7, 11) is 1.47. The Bertz CT molecular complexity index is 858. The Labute approximate surface area is 144 Å². The first kappa shape index (κ1) is 17.9. The highest BCUT2D eigenvalue weighted by atomic mass is 16.6. The van der Waals surface area contributed by atoms with Gasteiger partial charge in [0, 0.05) is 12.1 Å². The van der Waals surface area contributed by atoms with Gasteiger partial charge in [-0.2, -0.15) is 0 Å². The molecule has 25 heavy (non-hydrogen) atoms. The summed E-state index contributed by atoms with van der Waals surface area (Å²) in [5, 5.41) is 13.5. The fraction of sp³-hybridized carbons (Fsp3) is 0.111. The van der Waals surface area contributed by atoms with Crippen LogP contribution in [-0.4, -0.2) is 23.7 Å². The summed E-state index contributed by atoms with van der Waals surface area (Å²) in [6.07, 6.45) is 1.32. The summed E-state index contributed by atoms with van der Waals surface area (Å²) >= 11 is 0. The number of Topliss-reactive ketones (excluding diaryl/α,β-unsaturated/α-hetero) is 1. The Kier molecular flexibility index (Phi) is 5.62. The predicted molar refractivity (Wildman–Crippen MR) is 93.4 cm³/mol. The second kappa shape index (κ2) is 7.87. The number of carbonyl (C=O) groups is 2. The molecule has 0 atom stereocenters. The van der Waals surface area contributed by atoms with Crippen LogP contribution in [0.2, 0.25) is 0 Å². The van der Waals surface area contributed by atoms with Gasteiger partial charge in [-0.15, -0.1) is 0 Å². The molecule has 0 aromatic heterocycles. The van der Waals surface area contributed by atoms with Crippen molar-refractivity contribution in [3.05, 3.63) is 69.8 Å². The van der Waals surface area contributed by atoms with Gasteiger partial charge >= 0.3 is 0 Å². The highest BCUT2D eigenvalue weighted by Gasteiger charge is 2.17. The molecule has 0 aliphatic rings. The number of hydrogen-bond donors (Lipinski definition) is 1. The van der Waals surface area contributed by atoms with E-state index in [2.05, 4.69) is 5.32 Å². The lowest BCUT2D eigenvalue weighted by molar-refractivity contribution is -0.384. The molecule has 0 spiro atoms. The first-order chi connectivity index (χ1) is 11.9. The van der Waals surface area contributed by atoms with Gasteiger partial charge in [-0.1, -0.05) is 24.3 Å². The van der Waals surface area contributed by atoms with E-state index < -0.39 is 16.6 Å². The van der Waals surface area contributed by atoms with E-state index in [9.17, 15) is 19.7 Å². The molecule has 2 rings (SSSR count). The fourth-order valence-electron chi connectivity index (χ4n) is 2.16. The van der Waals surface area contributed by atoms with Crippen molar-refractivity contribution in [3.63, 3.8) is 0 Å². The number of benzene rings is 2. The van der Waals surface area contributed by atoms with Crippen molar-refractivity contribution in [2.45, 2.75) is 6.92 Å². The minimum atomic E-state index is -0.622. The van der Waals surface area contributed by atoms with Gasteiger partial charge in [0.25, 0.3) is 11.6 Å². The van der Waals surface area contributed by atoms with E-state index in [1.807, 2.05) is 0 Å². The first-order valence-corrected chi connectivity index (χ1v) is 7.34. The van der Waals surface area contributed by atoms with Crippen molar-refractivity contribution in [2.75, 3.05) is 12.4 Å². The first-order valence-electron chi connectivity index (χ1n) is 7.34. The number of non-ortho nitro benzene ring substituents is 1. The zero-order chi connectivity index (χ0) is 18.4. The summed E-state index contributed by atoms with van der Waals surface area (Å²) in [6.45, 7) is 1.25. The third-order valence-electron chi connectivity index (χ3n) is 3.37. The second-order valence-corrected chi connectivity index (χ2v) is 5.12. The van der Waals surface area contributed by atoms with E-state index in [1.165, 1.54) is 38.3 Å². The lowest BCUT2D eigenvalue weighted by atomic mass is 10.1. The minimum absolute atomic E-state index is 0.119. The second-order valence-electron chi connectivity index (χ2n) is 5.12. The third-order valence-corrected chi connectivity index (χ3v) is 3.37. The van der Waals surface area contributed by atoms with Crippen LogP contribution in [0.4, 0.5) is 11.4 Å². The van der Waals surface area contributed by atoms with Crippen LogP contribution >= 0.6 is 0 Å². The number of ether oxygens (including phenoxy) is 1. The normalized spacial score (nSPS) is 10.9. The number of hydrogen-bond acceptors (Lipinski definition) is 5. The zero-order valence-electron chi connectivity index (χ0n) is 13.7. The third kappa shape index (κ3) is 4.51. The van der Waals surface area contributed by atoms with E-state index in [0.29, 0.717) is 17.0 Å². The van der Waals surface area contributed by atoms with Crippen LogP contribution < -0.4 is 10.1 Å². The van der Waals surface area contributed by atoms with Crippen molar-refractivity contribution >= 4 is 29.1 Å². The molecule has 0 aliphatic carbocycles. The van der Waals surface area contributed by atoms with Gasteiger partial charge in [-0.05, 0) is 30.7 Å². The average molecular weight is 340 g/mol. The molecule has 2 aromatic carbocycles. The number of para-hydroxylation sites is 2. The number of anilines is 1. The Morgan fingerprint density at radius 2 is 1.88 bits per heavy atom. The molecule has 7 heteroatoms. The largest absolute Gasteiger partial charge is 0.495 e. The van der Waals surface area contributed by atoms with Crippen molar-refractivity contribution in [3.8, 4) is 5.75 Å². The molecule has 0 fully saturated rings. The van der Waals surface area contributed by atoms with Crippen molar-refractivity contribution in [2.24, 2.45) is 0 Å². The molecule has 2 aromatic rings. The van der Waals surface area contributed by atoms with Gasteiger partial charge in [0.05, 0.1) is 23.3 Å². The quantitative estimate of drug-likeness (QED) is 0.286. The Balaban J connectivity index is 2.34. The van der Waals surface area contributed by atoms with E-state index in [4.69, 9.17) is 4.74 Å². The molecular formula is C18H16N2O5. The van der Waals surface area contributed by atoms with Crippen molar-refractivity contribution in [1.29, 1.82) is 0 Å². The van der Waals surface area contributed by atoms with Crippen molar-refractivity contribution in [1.82, 2.24) is 0 Å². The number of nitro groups is 1. The molecule has 0 aliphatic heterocycles. The lowest BCUT2D eigenvalue weighted by Crippen LogP contribution is -2.19. The SMILES string of the molecule is COc1ccccc1NC(=O)C(=Cc1cccc([N+](=O)[O-])c1)C(C)=O. The number of nitrogens with zero attached hydrogens (tertiary/aromatic N) is 1. The lowest BCUT2D eigenvalue weighted by Gasteiger charge is -2.10. The molecule has 0 bridgehead atoms. The van der Waals surface area contributed by atoms with Gasteiger partial charge in [0.15, 0.2) is 5.78 Å². The summed E-state index contributed by atoms with van der Waals surface area (Å²) in [4.78, 5) is 34.6. The molecule has 0 unspecified atom stereocenters. The van der Waals surface area contributed by atoms with Gasteiger partial charge < -0.3 is 10.1 Å². The number of carbonyl (C=O) groups excluding carboxylic acids is 2. The smallest absolute Gasteiger partial charge is 0.270 e. The number of ketones is 1. The summed E-state index contributed by atoms with van der Waals surface area (Å²) in [5.41, 5.74) is 0.559. The highest BCUT2D eigenvalue weighted by Crippen LogP contribution is 2.24. The monoisotopic (exact) mass is 340 g/mol. The van der Waals surface area contributed by atoms with E-state index in [-0.39, 0.29) is 11.3 Å².